The number of fused-ring (bicyclic) bond motifs is 1. The Bertz CT molecular complexity index is 730. The summed E-state index contributed by atoms with van der Waals surface area (Å²) in [5.74, 6) is 0.648. The van der Waals surface area contributed by atoms with E-state index in [1.807, 2.05) is 47.1 Å². The van der Waals surface area contributed by atoms with Crippen LogP contribution in [-0.4, -0.2) is 15.3 Å². The molecule has 21 heavy (non-hydrogen) atoms. The zero-order chi connectivity index (χ0) is 14.7. The quantitative estimate of drug-likeness (QED) is 0.800. The number of nitrogens with one attached hydrogen (secondary N) is 1. The maximum absolute atomic E-state index is 10.9. The van der Waals surface area contributed by atoms with Gasteiger partial charge in [0.15, 0.2) is 0 Å². The molecule has 0 spiro atoms. The fraction of sp³-hybridized carbons (Fsp3) is 0.125. The van der Waals surface area contributed by atoms with Gasteiger partial charge in [-0.3, -0.25) is 4.79 Å². The van der Waals surface area contributed by atoms with E-state index in [4.69, 9.17) is 4.74 Å². The number of nitrogens with zero attached hydrogens (tertiary/aromatic N) is 2. The van der Waals surface area contributed by atoms with Crippen molar-refractivity contribution in [3.05, 3.63) is 60.6 Å². The van der Waals surface area contributed by atoms with Crippen molar-refractivity contribution < 1.29 is 9.53 Å². The maximum atomic E-state index is 10.9. The van der Waals surface area contributed by atoms with Crippen molar-refractivity contribution in [2.45, 2.75) is 13.5 Å². The van der Waals surface area contributed by atoms with Gasteiger partial charge in [0, 0.05) is 25.0 Å². The third kappa shape index (κ3) is 3.20. The Labute approximate surface area is 122 Å². The number of ether oxygens (including phenoxy) is 1. The highest BCUT2D eigenvalue weighted by atomic mass is 16.5. The zero-order valence-corrected chi connectivity index (χ0v) is 11.6. The van der Waals surface area contributed by atoms with E-state index in [2.05, 4.69) is 10.3 Å². The van der Waals surface area contributed by atoms with E-state index < -0.39 is 0 Å². The van der Waals surface area contributed by atoms with Crippen molar-refractivity contribution in [1.82, 2.24) is 9.38 Å². The van der Waals surface area contributed by atoms with Crippen LogP contribution in [0.2, 0.25) is 0 Å². The number of imidazole rings is 1. The summed E-state index contributed by atoms with van der Waals surface area (Å²) in [5.41, 5.74) is 2.52. The number of anilines is 1. The van der Waals surface area contributed by atoms with Crippen molar-refractivity contribution >= 4 is 17.2 Å². The molecule has 5 heteroatoms. The fourth-order valence-corrected chi connectivity index (χ4v) is 2.05. The average Bonchev–Trinajstić information content (AvgIpc) is 2.89. The van der Waals surface area contributed by atoms with Gasteiger partial charge in [0.2, 0.25) is 5.91 Å². The number of rotatable bonds is 4. The second kappa shape index (κ2) is 5.66. The van der Waals surface area contributed by atoms with Gasteiger partial charge >= 0.3 is 0 Å². The summed E-state index contributed by atoms with van der Waals surface area (Å²) in [6.45, 7) is 1.88. The number of amides is 1. The molecule has 3 rings (SSSR count). The van der Waals surface area contributed by atoms with E-state index in [9.17, 15) is 4.79 Å². The first-order valence-corrected chi connectivity index (χ1v) is 6.64. The molecule has 0 unspecified atom stereocenters. The second-order valence-electron chi connectivity index (χ2n) is 4.69. The molecule has 0 fully saturated rings. The van der Waals surface area contributed by atoms with Crippen molar-refractivity contribution in [2.24, 2.45) is 0 Å². The number of aromatic nitrogens is 2. The second-order valence-corrected chi connectivity index (χ2v) is 4.69. The predicted octanol–water partition coefficient (Wildman–Crippen LogP) is 2.87. The van der Waals surface area contributed by atoms with Crippen molar-refractivity contribution in [2.75, 3.05) is 5.32 Å². The highest BCUT2D eigenvalue weighted by Crippen LogP contribution is 2.17. The van der Waals surface area contributed by atoms with E-state index in [-0.39, 0.29) is 5.91 Å². The van der Waals surface area contributed by atoms with Gasteiger partial charge in [-0.15, -0.1) is 0 Å². The van der Waals surface area contributed by atoms with E-state index in [1.54, 1.807) is 12.1 Å². The van der Waals surface area contributed by atoms with Crippen LogP contribution in [0.25, 0.3) is 5.65 Å². The van der Waals surface area contributed by atoms with Gasteiger partial charge in [-0.1, -0.05) is 6.07 Å². The lowest BCUT2D eigenvalue weighted by molar-refractivity contribution is -0.114. The molecule has 1 N–H and O–H groups in total. The Hall–Kier alpha value is -2.82. The molecule has 0 atom stereocenters. The number of hydrogen-bond donors (Lipinski definition) is 1. The van der Waals surface area contributed by atoms with Crippen LogP contribution >= 0.6 is 0 Å². The average molecular weight is 281 g/mol. The number of carbonyl (C=O) groups excluding carboxylic acids is 1. The molecule has 0 aliphatic rings. The number of hydrogen-bond acceptors (Lipinski definition) is 3. The van der Waals surface area contributed by atoms with Crippen molar-refractivity contribution in [3.8, 4) is 5.75 Å². The molecular formula is C16H15N3O2. The van der Waals surface area contributed by atoms with Gasteiger partial charge in [0.25, 0.3) is 0 Å². The molecule has 0 saturated heterocycles. The van der Waals surface area contributed by atoms with E-state index in [0.717, 1.165) is 22.8 Å². The van der Waals surface area contributed by atoms with Crippen LogP contribution in [-0.2, 0) is 11.4 Å². The van der Waals surface area contributed by atoms with Crippen LogP contribution in [0.4, 0.5) is 5.69 Å². The summed E-state index contributed by atoms with van der Waals surface area (Å²) in [6, 6.07) is 13.1. The normalized spacial score (nSPS) is 10.5. The highest BCUT2D eigenvalue weighted by molar-refractivity contribution is 5.88. The van der Waals surface area contributed by atoms with Crippen molar-refractivity contribution in [3.63, 3.8) is 0 Å². The van der Waals surface area contributed by atoms with Crippen LogP contribution in [0, 0.1) is 0 Å². The van der Waals surface area contributed by atoms with Crippen LogP contribution in [0.5, 0.6) is 5.75 Å². The van der Waals surface area contributed by atoms with E-state index in [1.165, 1.54) is 6.92 Å². The molecule has 2 aromatic heterocycles. The third-order valence-electron chi connectivity index (χ3n) is 2.98. The van der Waals surface area contributed by atoms with Gasteiger partial charge < -0.3 is 14.5 Å². The molecule has 1 amide bonds. The van der Waals surface area contributed by atoms with Crippen LogP contribution < -0.4 is 10.1 Å². The molecule has 5 nitrogen and oxygen atoms in total. The standard InChI is InChI=1S/C16H15N3O2/c1-12(20)17-13-5-7-15(8-6-13)21-11-14-10-19-9-3-2-4-16(19)18-14/h2-10H,11H2,1H3,(H,17,20). The number of carbonyl (C=O) groups is 1. The van der Waals surface area contributed by atoms with Gasteiger partial charge in [-0.2, -0.15) is 0 Å². The highest BCUT2D eigenvalue weighted by Gasteiger charge is 2.02. The Morgan fingerprint density at radius 3 is 2.76 bits per heavy atom. The summed E-state index contributed by atoms with van der Waals surface area (Å²) >= 11 is 0. The maximum Gasteiger partial charge on any atom is 0.221 e. The monoisotopic (exact) mass is 281 g/mol. The lowest BCUT2D eigenvalue weighted by Crippen LogP contribution is -2.05. The molecule has 0 bridgehead atoms. The molecule has 0 radical (unpaired) electrons. The van der Waals surface area contributed by atoms with Gasteiger partial charge in [0.1, 0.15) is 18.0 Å². The largest absolute Gasteiger partial charge is 0.487 e. The van der Waals surface area contributed by atoms with Crippen LogP contribution in [0.1, 0.15) is 12.6 Å². The Morgan fingerprint density at radius 2 is 2.05 bits per heavy atom. The molecule has 0 aliphatic heterocycles. The topological polar surface area (TPSA) is 55.6 Å². The number of pyridine rings is 1. The number of benzene rings is 1. The zero-order valence-electron chi connectivity index (χ0n) is 11.6. The summed E-state index contributed by atoms with van der Waals surface area (Å²) in [5, 5.41) is 2.71. The summed E-state index contributed by atoms with van der Waals surface area (Å²) < 4.78 is 7.65. The first-order chi connectivity index (χ1) is 10.2. The van der Waals surface area contributed by atoms with Crippen LogP contribution in [0.15, 0.2) is 54.9 Å². The van der Waals surface area contributed by atoms with E-state index in [0.29, 0.717) is 6.61 Å². The molecule has 3 aromatic rings. The fourth-order valence-electron chi connectivity index (χ4n) is 2.05. The third-order valence-corrected chi connectivity index (χ3v) is 2.98. The van der Waals surface area contributed by atoms with Crippen molar-refractivity contribution in [1.29, 1.82) is 0 Å². The molecule has 106 valence electrons. The predicted molar refractivity (Wildman–Crippen MR) is 80.3 cm³/mol. The lowest BCUT2D eigenvalue weighted by Gasteiger charge is -2.06. The van der Waals surface area contributed by atoms with Gasteiger partial charge in [-0.05, 0) is 36.4 Å². The molecule has 2 heterocycles. The minimum atomic E-state index is -0.0895. The molecule has 0 saturated carbocycles. The first kappa shape index (κ1) is 13.2. The first-order valence-electron chi connectivity index (χ1n) is 6.64. The van der Waals surface area contributed by atoms with Gasteiger partial charge in [-0.25, -0.2) is 4.98 Å². The SMILES string of the molecule is CC(=O)Nc1ccc(OCc2cn3ccccc3n2)cc1. The lowest BCUT2D eigenvalue weighted by atomic mass is 10.3. The summed E-state index contributed by atoms with van der Waals surface area (Å²) in [7, 11) is 0. The summed E-state index contributed by atoms with van der Waals surface area (Å²) in [4.78, 5) is 15.4. The molecule has 0 aliphatic carbocycles. The Morgan fingerprint density at radius 1 is 1.24 bits per heavy atom. The van der Waals surface area contributed by atoms with Crippen LogP contribution in [0.3, 0.4) is 0 Å². The van der Waals surface area contributed by atoms with E-state index >= 15 is 0 Å². The molecular weight excluding hydrogens is 266 g/mol. The summed E-state index contributed by atoms with van der Waals surface area (Å²) in [6.07, 6.45) is 3.90. The Balaban J connectivity index is 1.65. The molecule has 1 aromatic carbocycles. The minimum absolute atomic E-state index is 0.0895. The van der Waals surface area contributed by atoms with Gasteiger partial charge in [0.05, 0.1) is 5.69 Å². The Kier molecular flexibility index (Phi) is 3.55. The minimum Gasteiger partial charge on any atom is -0.487 e. The smallest absolute Gasteiger partial charge is 0.221 e.